The highest BCUT2D eigenvalue weighted by Gasteiger charge is 2.29. The molecule has 6 rings (SSSR count). The Kier molecular flexibility index (Phi) is 13.0. The Bertz CT molecular complexity index is 1600. The summed E-state index contributed by atoms with van der Waals surface area (Å²) in [4.78, 5) is 36.3. The van der Waals surface area contributed by atoms with Crippen LogP contribution < -0.4 is 10.6 Å². The molecule has 2 aromatic heterocycles. The van der Waals surface area contributed by atoms with Crippen LogP contribution in [0.1, 0.15) is 0 Å². The van der Waals surface area contributed by atoms with E-state index in [1.54, 1.807) is 130 Å². The molecular weight excluding hydrogens is 809 g/mol. The maximum atomic E-state index is 13.0. The normalized spacial score (nSPS) is 18.2. The number of nitrogens with one attached hydrogen (secondary N) is 2. The van der Waals surface area contributed by atoms with E-state index < -0.39 is 0 Å². The third-order valence-electron chi connectivity index (χ3n) is 5.85. The summed E-state index contributed by atoms with van der Waals surface area (Å²) in [5.41, 5.74) is 2.56. The molecule has 0 radical (unpaired) electrons. The van der Waals surface area contributed by atoms with Crippen molar-refractivity contribution in [3.63, 3.8) is 0 Å². The Balaban J connectivity index is 1.00. The molecule has 0 saturated carbocycles. The maximum Gasteiger partial charge on any atom is 0.263 e. The third-order valence-corrected chi connectivity index (χ3v) is 22.1. The molecule has 0 fully saturated rings. The van der Waals surface area contributed by atoms with Gasteiger partial charge in [-0.15, -0.1) is 47.0 Å². The van der Waals surface area contributed by atoms with Crippen LogP contribution in [0.15, 0.2) is 91.2 Å². The number of rotatable bonds is 9. The minimum absolute atomic E-state index is 0.152. The third kappa shape index (κ3) is 8.42. The zero-order valence-electron chi connectivity index (χ0n) is 24.2. The van der Waals surface area contributed by atoms with E-state index in [0.29, 0.717) is 32.6 Å². The van der Waals surface area contributed by atoms with Crippen LogP contribution in [0, 0.1) is 0 Å². The Hall–Kier alpha value is -0.120. The Morgan fingerprint density at radius 2 is 0.913 bits per heavy atom. The van der Waals surface area contributed by atoms with Crippen molar-refractivity contribution in [3.8, 4) is 11.4 Å². The van der Waals surface area contributed by atoms with Crippen molar-refractivity contribution in [3.05, 3.63) is 91.2 Å². The summed E-state index contributed by atoms with van der Waals surface area (Å²) in [6.45, 7) is 0. The smallest absolute Gasteiger partial charge is 0.263 e. The van der Waals surface area contributed by atoms with Crippen LogP contribution >= 0.6 is 141 Å². The zero-order valence-corrected chi connectivity index (χ0v) is 34.0. The monoisotopic (exact) mass is 830 g/mol. The average Bonchev–Trinajstić information content (AvgIpc) is 3.90. The van der Waals surface area contributed by atoms with E-state index in [-0.39, 0.29) is 11.8 Å². The number of pyridine rings is 2. The summed E-state index contributed by atoms with van der Waals surface area (Å²) in [6, 6.07) is 7.29. The number of carbonyl (C=O) groups is 2. The van der Waals surface area contributed by atoms with Gasteiger partial charge in [-0.25, -0.2) is 0 Å². The van der Waals surface area contributed by atoms with Gasteiger partial charge in [0.05, 0.1) is 78.9 Å². The molecule has 18 heteroatoms. The molecule has 2 aromatic rings. The minimum Gasteiger partial charge on any atom is -0.320 e. The molecule has 6 nitrogen and oxygen atoms in total. The number of amides is 2. The molecule has 0 atom stereocenters. The van der Waals surface area contributed by atoms with Gasteiger partial charge >= 0.3 is 0 Å². The van der Waals surface area contributed by atoms with Crippen LogP contribution in [0.3, 0.4) is 0 Å². The van der Waals surface area contributed by atoms with Gasteiger partial charge in [-0.3, -0.25) is 19.6 Å². The first-order valence-electron chi connectivity index (χ1n) is 12.9. The number of anilines is 2. The van der Waals surface area contributed by atoms with E-state index in [1.165, 1.54) is 48.9 Å². The lowest BCUT2D eigenvalue weighted by Crippen LogP contribution is -2.12. The topological polar surface area (TPSA) is 84.0 Å². The van der Waals surface area contributed by atoms with Gasteiger partial charge < -0.3 is 10.6 Å². The molecule has 0 unspecified atom stereocenters. The second kappa shape index (κ2) is 16.7. The van der Waals surface area contributed by atoms with Gasteiger partial charge in [0.1, 0.15) is 0 Å². The molecule has 2 amide bonds. The predicted molar refractivity (Wildman–Crippen MR) is 224 cm³/mol. The van der Waals surface area contributed by atoms with Gasteiger partial charge in [0, 0.05) is 0 Å². The number of carbonyl (C=O) groups excluding carboxylic acids is 2. The second-order valence-corrected chi connectivity index (χ2v) is 22.0. The van der Waals surface area contributed by atoms with E-state index in [2.05, 4.69) is 45.6 Å². The Labute approximate surface area is 318 Å². The van der Waals surface area contributed by atoms with Gasteiger partial charge in [-0.05, 0) is 60.1 Å². The first-order valence-corrected chi connectivity index (χ1v) is 24.4. The first kappa shape index (κ1) is 35.7. The molecule has 0 bridgehead atoms. The molecule has 0 aliphatic carbocycles. The van der Waals surface area contributed by atoms with E-state index >= 15 is 0 Å². The van der Waals surface area contributed by atoms with Crippen LogP contribution in [0.5, 0.6) is 0 Å². The lowest BCUT2D eigenvalue weighted by Gasteiger charge is -2.08. The highest BCUT2D eigenvalue weighted by Crippen LogP contribution is 2.63. The van der Waals surface area contributed by atoms with Crippen LogP contribution in [0.2, 0.25) is 0 Å². The lowest BCUT2D eigenvalue weighted by molar-refractivity contribution is -0.113. The SMILES string of the molecule is CSC1=C(SC)SC(=C2SC=C(C(=O)Nc3ccc(-c4ccc(NC(=O)C5=CSC(=C6SC(SC)=C(SC)S6)S5)cn4)nc3)S2)S1. The van der Waals surface area contributed by atoms with Crippen molar-refractivity contribution >= 4 is 164 Å². The fraction of sp³-hybridized carbons (Fsp3) is 0.143. The summed E-state index contributed by atoms with van der Waals surface area (Å²) < 4.78 is 10.0. The molecular formula is C28H22N4O2S12. The van der Waals surface area contributed by atoms with Crippen molar-refractivity contribution < 1.29 is 9.59 Å². The molecule has 46 heavy (non-hydrogen) atoms. The molecule has 238 valence electrons. The van der Waals surface area contributed by atoms with Gasteiger partial charge in [0.25, 0.3) is 11.8 Å². The maximum absolute atomic E-state index is 13.0. The van der Waals surface area contributed by atoms with E-state index in [4.69, 9.17) is 0 Å². The van der Waals surface area contributed by atoms with E-state index in [1.807, 2.05) is 35.1 Å². The summed E-state index contributed by atoms with van der Waals surface area (Å²) in [5.74, 6) is -0.304. The summed E-state index contributed by atoms with van der Waals surface area (Å²) >= 11 is 20.4. The molecule has 4 aliphatic rings. The molecule has 0 aromatic carbocycles. The van der Waals surface area contributed by atoms with Crippen molar-refractivity contribution in [1.29, 1.82) is 0 Å². The van der Waals surface area contributed by atoms with Crippen molar-refractivity contribution in [2.75, 3.05) is 35.7 Å². The zero-order chi connectivity index (χ0) is 32.2. The fourth-order valence-electron chi connectivity index (χ4n) is 3.73. The van der Waals surface area contributed by atoms with E-state index in [9.17, 15) is 9.59 Å². The van der Waals surface area contributed by atoms with Gasteiger partial charge in [-0.2, -0.15) is 0 Å². The number of thioether (sulfide) groups is 12. The molecule has 6 heterocycles. The number of aromatic nitrogens is 2. The second-order valence-electron chi connectivity index (χ2n) is 8.70. The van der Waals surface area contributed by atoms with Crippen molar-refractivity contribution in [2.24, 2.45) is 0 Å². The largest absolute Gasteiger partial charge is 0.320 e. The van der Waals surface area contributed by atoms with Crippen LogP contribution in [-0.4, -0.2) is 46.8 Å². The highest BCUT2D eigenvalue weighted by atomic mass is 32.3. The van der Waals surface area contributed by atoms with Crippen LogP contribution in [-0.2, 0) is 9.59 Å². The molecule has 4 aliphatic heterocycles. The lowest BCUT2D eigenvalue weighted by atomic mass is 10.2. The minimum atomic E-state index is -0.152. The summed E-state index contributed by atoms with van der Waals surface area (Å²) in [6.07, 6.45) is 11.7. The summed E-state index contributed by atoms with van der Waals surface area (Å²) in [7, 11) is 0. The average molecular weight is 831 g/mol. The predicted octanol–water partition coefficient (Wildman–Crippen LogP) is 11.6. The van der Waals surface area contributed by atoms with Gasteiger partial charge in [0.15, 0.2) is 0 Å². The highest BCUT2D eigenvalue weighted by molar-refractivity contribution is 8.43. The fourth-order valence-corrected chi connectivity index (χ4v) is 18.7. The standard InChI is InChI=1S/C28H22N4O2S12/c1-35-21-22(36-2)44-27(43-21)25-39-11-17(41-25)19(33)31-13-5-7-15(29-9-13)16-8-6-14(10-30-16)32-20(34)18-12-40-26(42-18)28-45-23(37-3)24(38-4)46-28/h5-12H,1-4H3,(H,31,33)(H,32,34). The van der Waals surface area contributed by atoms with Crippen LogP contribution in [0.4, 0.5) is 11.4 Å². The van der Waals surface area contributed by atoms with E-state index in [0.717, 1.165) is 8.47 Å². The van der Waals surface area contributed by atoms with Crippen molar-refractivity contribution in [1.82, 2.24) is 9.97 Å². The Morgan fingerprint density at radius 3 is 1.22 bits per heavy atom. The van der Waals surface area contributed by atoms with Crippen molar-refractivity contribution in [2.45, 2.75) is 0 Å². The molecule has 0 spiro atoms. The molecule has 2 N–H and O–H groups in total. The molecule has 0 saturated heterocycles. The summed E-state index contributed by atoms with van der Waals surface area (Å²) in [5, 5.41) is 9.74. The number of nitrogens with zero attached hydrogens (tertiary/aromatic N) is 2. The van der Waals surface area contributed by atoms with Gasteiger partial charge in [0.2, 0.25) is 0 Å². The number of hydrogen-bond acceptors (Lipinski definition) is 16. The quantitative estimate of drug-likeness (QED) is 0.251. The van der Waals surface area contributed by atoms with Gasteiger partial charge in [-0.1, -0.05) is 94.1 Å². The Morgan fingerprint density at radius 1 is 0.543 bits per heavy atom. The van der Waals surface area contributed by atoms with Crippen LogP contribution in [0.25, 0.3) is 11.4 Å². The first-order chi connectivity index (χ1) is 22.4. The number of hydrogen-bond donors (Lipinski definition) is 2.